The van der Waals surface area contributed by atoms with Gasteiger partial charge in [0.05, 0.1) is 16.8 Å². The molecule has 0 amide bonds. The van der Waals surface area contributed by atoms with Crippen LogP contribution in [0.5, 0.6) is 5.75 Å². The number of aromatic nitrogens is 2. The van der Waals surface area contributed by atoms with Crippen LogP contribution in [-0.4, -0.2) is 20.9 Å². The number of carbonyl (C=O) groups is 1. The molecule has 2 N–H and O–H groups in total. The summed E-state index contributed by atoms with van der Waals surface area (Å²) in [4.78, 5) is 22.0. The standard InChI is InChI=1S/C28H25BrN2O2/c29-21-11-12-23(32)22(17-21)28(33)25-24(18-13-15-30-16-14-18)26(19-7-3-1-4-8-19)31-27(25)20-9-5-2-6-10-20/h2,5-6,9-17,19,31-32H,1,3-4,7-8H2. The van der Waals surface area contributed by atoms with E-state index in [9.17, 15) is 9.90 Å². The first-order valence-corrected chi connectivity index (χ1v) is 12.2. The minimum absolute atomic E-state index is 0.0247. The third kappa shape index (κ3) is 4.25. The van der Waals surface area contributed by atoms with E-state index in [2.05, 4.69) is 25.9 Å². The molecule has 0 saturated heterocycles. The molecule has 1 saturated carbocycles. The summed E-state index contributed by atoms with van der Waals surface area (Å²) in [6.45, 7) is 0. The van der Waals surface area contributed by atoms with Gasteiger partial charge < -0.3 is 10.1 Å². The summed E-state index contributed by atoms with van der Waals surface area (Å²) in [5.74, 6) is 0.142. The van der Waals surface area contributed by atoms with Gasteiger partial charge in [-0.25, -0.2) is 0 Å². The van der Waals surface area contributed by atoms with Crippen molar-refractivity contribution in [2.24, 2.45) is 0 Å². The van der Waals surface area contributed by atoms with E-state index in [0.717, 1.165) is 45.4 Å². The maximum Gasteiger partial charge on any atom is 0.199 e. The predicted octanol–water partition coefficient (Wildman–Crippen LogP) is 7.49. The number of hydrogen-bond donors (Lipinski definition) is 2. The van der Waals surface area contributed by atoms with Crippen LogP contribution >= 0.6 is 15.9 Å². The number of halogens is 1. The first kappa shape index (κ1) is 21.7. The number of pyridine rings is 1. The molecular weight excluding hydrogens is 476 g/mol. The number of nitrogens with one attached hydrogen (secondary N) is 1. The second-order valence-electron chi connectivity index (χ2n) is 8.59. The van der Waals surface area contributed by atoms with E-state index >= 15 is 0 Å². The summed E-state index contributed by atoms with van der Waals surface area (Å²) in [5, 5.41) is 10.6. The molecule has 2 aromatic carbocycles. The molecule has 4 aromatic rings. The predicted molar refractivity (Wildman–Crippen MR) is 135 cm³/mol. The Morgan fingerprint density at radius 3 is 2.39 bits per heavy atom. The van der Waals surface area contributed by atoms with Crippen molar-refractivity contribution in [1.29, 1.82) is 0 Å². The maximum absolute atomic E-state index is 14.1. The van der Waals surface area contributed by atoms with Gasteiger partial charge in [-0.3, -0.25) is 9.78 Å². The van der Waals surface area contributed by atoms with Gasteiger partial charge in [0, 0.05) is 28.1 Å². The van der Waals surface area contributed by atoms with Crippen LogP contribution in [0.2, 0.25) is 0 Å². The lowest BCUT2D eigenvalue weighted by Gasteiger charge is -2.22. The number of rotatable bonds is 5. The third-order valence-corrected chi connectivity index (χ3v) is 7.00. The fourth-order valence-corrected chi connectivity index (χ4v) is 5.27. The monoisotopic (exact) mass is 500 g/mol. The Balaban J connectivity index is 1.80. The lowest BCUT2D eigenvalue weighted by molar-refractivity contribution is 0.103. The highest BCUT2D eigenvalue weighted by Gasteiger charge is 2.31. The van der Waals surface area contributed by atoms with Crippen molar-refractivity contribution in [3.8, 4) is 28.1 Å². The zero-order valence-corrected chi connectivity index (χ0v) is 19.8. The number of phenols is 1. The molecule has 0 spiro atoms. The molecule has 1 aliphatic rings. The fourth-order valence-electron chi connectivity index (χ4n) is 4.91. The Labute approximate surface area is 201 Å². The fraction of sp³-hybridized carbons (Fsp3) is 0.214. The lowest BCUT2D eigenvalue weighted by Crippen LogP contribution is -2.08. The molecule has 1 fully saturated rings. The smallest absolute Gasteiger partial charge is 0.199 e. The molecule has 2 aromatic heterocycles. The zero-order valence-electron chi connectivity index (χ0n) is 18.2. The minimum Gasteiger partial charge on any atom is -0.507 e. The van der Waals surface area contributed by atoms with Crippen LogP contribution in [-0.2, 0) is 0 Å². The lowest BCUT2D eigenvalue weighted by atomic mass is 9.83. The molecule has 0 atom stereocenters. The molecule has 33 heavy (non-hydrogen) atoms. The van der Waals surface area contributed by atoms with Crippen molar-refractivity contribution >= 4 is 21.7 Å². The van der Waals surface area contributed by atoms with Crippen LogP contribution in [0.3, 0.4) is 0 Å². The van der Waals surface area contributed by atoms with Crippen LogP contribution in [0.4, 0.5) is 0 Å². The van der Waals surface area contributed by atoms with Crippen molar-refractivity contribution in [2.45, 2.75) is 38.0 Å². The van der Waals surface area contributed by atoms with Gasteiger partial charge in [-0.2, -0.15) is 0 Å². The molecule has 0 radical (unpaired) electrons. The quantitative estimate of drug-likeness (QED) is 0.279. The van der Waals surface area contributed by atoms with Gasteiger partial charge in [-0.05, 0) is 60.2 Å². The van der Waals surface area contributed by atoms with Gasteiger partial charge in [0.15, 0.2) is 5.78 Å². The van der Waals surface area contributed by atoms with E-state index < -0.39 is 0 Å². The summed E-state index contributed by atoms with van der Waals surface area (Å²) in [7, 11) is 0. The molecule has 5 heteroatoms. The summed E-state index contributed by atoms with van der Waals surface area (Å²) < 4.78 is 0.749. The zero-order chi connectivity index (χ0) is 22.8. The summed E-state index contributed by atoms with van der Waals surface area (Å²) in [5.41, 5.74) is 5.62. The van der Waals surface area contributed by atoms with Crippen molar-refractivity contribution in [2.75, 3.05) is 0 Å². The topological polar surface area (TPSA) is 66.0 Å². The number of aromatic hydroxyl groups is 1. The van der Waals surface area contributed by atoms with Crippen LogP contribution in [0.1, 0.15) is 59.6 Å². The highest BCUT2D eigenvalue weighted by molar-refractivity contribution is 9.10. The normalized spacial score (nSPS) is 14.3. The summed E-state index contributed by atoms with van der Waals surface area (Å²) >= 11 is 3.45. The molecule has 0 aliphatic heterocycles. The molecule has 2 heterocycles. The minimum atomic E-state index is -0.197. The number of benzene rings is 2. The van der Waals surface area contributed by atoms with Crippen LogP contribution < -0.4 is 0 Å². The van der Waals surface area contributed by atoms with Crippen molar-refractivity contribution in [3.05, 3.63) is 94.4 Å². The van der Waals surface area contributed by atoms with E-state index in [1.165, 1.54) is 19.3 Å². The first-order chi connectivity index (χ1) is 16.1. The third-order valence-electron chi connectivity index (χ3n) is 6.50. The van der Waals surface area contributed by atoms with E-state index in [-0.39, 0.29) is 17.1 Å². The average molecular weight is 501 g/mol. The number of carbonyl (C=O) groups excluding carboxylic acids is 1. The number of nitrogens with zero attached hydrogens (tertiary/aromatic N) is 1. The van der Waals surface area contributed by atoms with E-state index in [4.69, 9.17) is 0 Å². The van der Waals surface area contributed by atoms with E-state index in [1.807, 2.05) is 42.5 Å². The Morgan fingerprint density at radius 2 is 1.67 bits per heavy atom. The number of ketones is 1. The van der Waals surface area contributed by atoms with E-state index in [0.29, 0.717) is 11.5 Å². The molecule has 5 rings (SSSR count). The molecular formula is C28H25BrN2O2. The second-order valence-corrected chi connectivity index (χ2v) is 9.51. The number of H-pyrrole nitrogens is 1. The van der Waals surface area contributed by atoms with Crippen LogP contribution in [0.25, 0.3) is 22.4 Å². The molecule has 1 aliphatic carbocycles. The SMILES string of the molecule is O=C(c1cc(Br)ccc1O)c1c(-c2ccccc2)[nH]c(C2CCCCC2)c1-c1ccncc1. The van der Waals surface area contributed by atoms with Gasteiger partial charge in [-0.15, -0.1) is 0 Å². The number of aromatic amines is 1. The number of phenolic OH excluding ortho intramolecular Hbond substituents is 1. The van der Waals surface area contributed by atoms with Gasteiger partial charge in [-0.1, -0.05) is 65.5 Å². The Morgan fingerprint density at radius 1 is 0.939 bits per heavy atom. The van der Waals surface area contributed by atoms with Crippen molar-refractivity contribution in [1.82, 2.24) is 9.97 Å². The van der Waals surface area contributed by atoms with Crippen molar-refractivity contribution < 1.29 is 9.90 Å². The molecule has 166 valence electrons. The van der Waals surface area contributed by atoms with Gasteiger partial charge in [0.1, 0.15) is 5.75 Å². The number of hydrogen-bond acceptors (Lipinski definition) is 3. The van der Waals surface area contributed by atoms with Crippen molar-refractivity contribution in [3.63, 3.8) is 0 Å². The Bertz CT molecular complexity index is 1280. The largest absolute Gasteiger partial charge is 0.507 e. The Kier molecular flexibility index (Phi) is 6.14. The van der Waals surface area contributed by atoms with Gasteiger partial charge in [0.2, 0.25) is 0 Å². The first-order valence-electron chi connectivity index (χ1n) is 11.4. The van der Waals surface area contributed by atoms with Gasteiger partial charge in [0.25, 0.3) is 0 Å². The average Bonchev–Trinajstić information content (AvgIpc) is 3.27. The molecule has 0 bridgehead atoms. The highest BCUT2D eigenvalue weighted by atomic mass is 79.9. The highest BCUT2D eigenvalue weighted by Crippen LogP contribution is 2.44. The van der Waals surface area contributed by atoms with Crippen LogP contribution in [0, 0.1) is 0 Å². The molecule has 4 nitrogen and oxygen atoms in total. The summed E-state index contributed by atoms with van der Waals surface area (Å²) in [6.07, 6.45) is 9.36. The van der Waals surface area contributed by atoms with Crippen LogP contribution in [0.15, 0.2) is 77.5 Å². The second kappa shape index (κ2) is 9.36. The van der Waals surface area contributed by atoms with E-state index in [1.54, 1.807) is 30.6 Å². The van der Waals surface area contributed by atoms with Gasteiger partial charge >= 0.3 is 0 Å². The Hall–Kier alpha value is -3.18. The molecule has 0 unspecified atom stereocenters. The summed E-state index contributed by atoms with van der Waals surface area (Å²) in [6, 6.07) is 18.9. The maximum atomic E-state index is 14.1.